The Bertz CT molecular complexity index is 1430. The molecule has 1 atom stereocenters. The number of nitrogens with zero attached hydrogens (tertiary/aromatic N) is 2. The largest absolute Gasteiger partial charge is 0.352 e. The number of carbonyl (C=O) groups is 2. The summed E-state index contributed by atoms with van der Waals surface area (Å²) in [5.41, 5.74) is 4.09. The Hall–Kier alpha value is -3.36. The maximum atomic E-state index is 13.9. The molecule has 3 aromatic carbocycles. The molecular formula is C32H40ClN3O4S. The fourth-order valence-electron chi connectivity index (χ4n) is 4.67. The van der Waals surface area contributed by atoms with Crippen LogP contribution in [0.4, 0.5) is 5.69 Å². The summed E-state index contributed by atoms with van der Waals surface area (Å²) >= 11 is 6.27. The zero-order chi connectivity index (χ0) is 30.2. The number of amides is 2. The number of carbonyl (C=O) groups excluding carboxylic acids is 2. The van der Waals surface area contributed by atoms with E-state index in [-0.39, 0.29) is 43.8 Å². The standard InChI is InChI=1S/C32H40ClN3O4S/c1-23(2)34-32(38)30(21-26-11-7-6-8-12-26)35(22-27-18-16-24(3)17-19-27)31(37)15-10-20-36(41(5,39)40)29-14-9-13-28(33)25(29)4/h6-9,11-14,16-19,23,30H,10,15,20-22H2,1-5H3,(H,34,38)/t30-/m0/s1. The molecule has 0 heterocycles. The lowest BCUT2D eigenvalue weighted by Gasteiger charge is -2.32. The van der Waals surface area contributed by atoms with Gasteiger partial charge >= 0.3 is 0 Å². The van der Waals surface area contributed by atoms with Gasteiger partial charge in [0.15, 0.2) is 0 Å². The molecule has 7 nitrogen and oxygen atoms in total. The first kappa shape index (κ1) is 32.2. The number of benzene rings is 3. The number of hydrogen-bond donors (Lipinski definition) is 1. The van der Waals surface area contributed by atoms with Crippen LogP contribution in [0.5, 0.6) is 0 Å². The van der Waals surface area contributed by atoms with Crippen LogP contribution in [0.25, 0.3) is 0 Å². The molecule has 0 aromatic heterocycles. The van der Waals surface area contributed by atoms with E-state index in [1.165, 1.54) is 4.31 Å². The molecule has 0 fully saturated rings. The lowest BCUT2D eigenvalue weighted by Crippen LogP contribution is -2.51. The van der Waals surface area contributed by atoms with Crippen LogP contribution in [-0.4, -0.2) is 50.0 Å². The normalized spacial score (nSPS) is 12.2. The highest BCUT2D eigenvalue weighted by molar-refractivity contribution is 7.92. The third-order valence-corrected chi connectivity index (χ3v) is 8.42. The van der Waals surface area contributed by atoms with Crippen molar-refractivity contribution in [3.8, 4) is 0 Å². The zero-order valence-corrected chi connectivity index (χ0v) is 26.0. The SMILES string of the molecule is Cc1ccc(CN(C(=O)CCCN(c2cccc(Cl)c2C)S(C)(=O)=O)[C@@H](Cc2ccccc2)C(=O)NC(C)C)cc1. The first-order valence-electron chi connectivity index (χ1n) is 13.8. The highest BCUT2D eigenvalue weighted by atomic mass is 35.5. The lowest BCUT2D eigenvalue weighted by molar-refractivity contribution is -0.141. The van der Waals surface area contributed by atoms with E-state index in [0.717, 1.165) is 22.9 Å². The van der Waals surface area contributed by atoms with Crippen molar-refractivity contribution in [1.29, 1.82) is 0 Å². The second kappa shape index (κ2) is 14.5. The van der Waals surface area contributed by atoms with Crippen molar-refractivity contribution < 1.29 is 18.0 Å². The van der Waals surface area contributed by atoms with Gasteiger partial charge in [0.2, 0.25) is 21.8 Å². The molecule has 41 heavy (non-hydrogen) atoms. The van der Waals surface area contributed by atoms with E-state index >= 15 is 0 Å². The second-order valence-electron chi connectivity index (χ2n) is 10.7. The summed E-state index contributed by atoms with van der Waals surface area (Å²) in [7, 11) is -3.63. The van der Waals surface area contributed by atoms with Crippen LogP contribution in [0.3, 0.4) is 0 Å². The van der Waals surface area contributed by atoms with E-state index in [0.29, 0.717) is 22.7 Å². The summed E-state index contributed by atoms with van der Waals surface area (Å²) in [5.74, 6) is -0.446. The minimum absolute atomic E-state index is 0.0672. The van der Waals surface area contributed by atoms with Gasteiger partial charge in [-0.3, -0.25) is 13.9 Å². The van der Waals surface area contributed by atoms with E-state index in [1.807, 2.05) is 75.4 Å². The smallest absolute Gasteiger partial charge is 0.243 e. The summed E-state index contributed by atoms with van der Waals surface area (Å²) in [6.07, 6.45) is 1.84. The quantitative estimate of drug-likeness (QED) is 0.275. The van der Waals surface area contributed by atoms with Gasteiger partial charge in [0.25, 0.3) is 0 Å². The molecule has 0 aliphatic heterocycles. The number of halogens is 1. The Balaban J connectivity index is 1.89. The maximum Gasteiger partial charge on any atom is 0.243 e. The highest BCUT2D eigenvalue weighted by Gasteiger charge is 2.31. The number of anilines is 1. The topological polar surface area (TPSA) is 86.8 Å². The van der Waals surface area contributed by atoms with Gasteiger partial charge in [-0.2, -0.15) is 0 Å². The van der Waals surface area contributed by atoms with Crippen molar-refractivity contribution >= 4 is 39.1 Å². The number of aryl methyl sites for hydroxylation is 1. The van der Waals surface area contributed by atoms with Crippen molar-refractivity contribution in [1.82, 2.24) is 10.2 Å². The van der Waals surface area contributed by atoms with Crippen LogP contribution < -0.4 is 9.62 Å². The molecule has 9 heteroatoms. The molecule has 0 aliphatic rings. The Labute approximate surface area is 249 Å². The predicted molar refractivity (Wildman–Crippen MR) is 167 cm³/mol. The number of sulfonamides is 1. The van der Waals surface area contributed by atoms with Crippen LogP contribution >= 0.6 is 11.6 Å². The van der Waals surface area contributed by atoms with E-state index in [9.17, 15) is 18.0 Å². The monoisotopic (exact) mass is 597 g/mol. The molecule has 0 spiro atoms. The molecule has 2 amide bonds. The number of nitrogens with one attached hydrogen (secondary N) is 1. The van der Waals surface area contributed by atoms with Crippen LogP contribution in [0.15, 0.2) is 72.8 Å². The number of hydrogen-bond acceptors (Lipinski definition) is 4. The second-order valence-corrected chi connectivity index (χ2v) is 13.0. The molecule has 3 rings (SSSR count). The van der Waals surface area contributed by atoms with Crippen molar-refractivity contribution in [3.63, 3.8) is 0 Å². The van der Waals surface area contributed by atoms with E-state index in [1.54, 1.807) is 30.0 Å². The van der Waals surface area contributed by atoms with Gasteiger partial charge in [0, 0.05) is 37.0 Å². The highest BCUT2D eigenvalue weighted by Crippen LogP contribution is 2.28. The van der Waals surface area contributed by atoms with Crippen molar-refractivity contribution in [2.75, 3.05) is 17.1 Å². The summed E-state index contributed by atoms with van der Waals surface area (Å²) in [4.78, 5) is 29.0. The van der Waals surface area contributed by atoms with Crippen molar-refractivity contribution in [2.45, 2.75) is 65.6 Å². The molecule has 0 unspecified atom stereocenters. The Morgan fingerprint density at radius 2 is 1.56 bits per heavy atom. The van der Waals surface area contributed by atoms with Gasteiger partial charge in [-0.15, -0.1) is 0 Å². The van der Waals surface area contributed by atoms with E-state index < -0.39 is 16.1 Å². The zero-order valence-electron chi connectivity index (χ0n) is 24.4. The molecule has 0 radical (unpaired) electrons. The molecule has 0 saturated carbocycles. The van der Waals surface area contributed by atoms with Crippen molar-refractivity contribution in [2.24, 2.45) is 0 Å². The van der Waals surface area contributed by atoms with Gasteiger partial charge in [-0.05, 0) is 62.9 Å². The predicted octanol–water partition coefficient (Wildman–Crippen LogP) is 5.67. The molecule has 3 aromatic rings. The molecule has 0 aliphatic carbocycles. The first-order valence-corrected chi connectivity index (χ1v) is 16.0. The third kappa shape index (κ3) is 9.33. The first-order chi connectivity index (χ1) is 19.4. The summed E-state index contributed by atoms with van der Waals surface area (Å²) < 4.78 is 26.7. The van der Waals surface area contributed by atoms with Gasteiger partial charge in [0.1, 0.15) is 6.04 Å². The van der Waals surface area contributed by atoms with Gasteiger partial charge < -0.3 is 10.2 Å². The van der Waals surface area contributed by atoms with E-state index in [2.05, 4.69) is 5.32 Å². The van der Waals surface area contributed by atoms with Gasteiger partial charge in [0.05, 0.1) is 11.9 Å². The fourth-order valence-corrected chi connectivity index (χ4v) is 5.86. The summed E-state index contributed by atoms with van der Waals surface area (Å²) in [6, 6.07) is 21.8. The lowest BCUT2D eigenvalue weighted by atomic mass is 10.0. The maximum absolute atomic E-state index is 13.9. The van der Waals surface area contributed by atoms with Crippen LogP contribution in [0.2, 0.25) is 5.02 Å². The van der Waals surface area contributed by atoms with Crippen LogP contribution in [0, 0.1) is 13.8 Å². The Morgan fingerprint density at radius 1 is 0.902 bits per heavy atom. The van der Waals surface area contributed by atoms with Gasteiger partial charge in [-0.25, -0.2) is 8.42 Å². The molecule has 0 bridgehead atoms. The van der Waals surface area contributed by atoms with E-state index in [4.69, 9.17) is 11.6 Å². The molecule has 220 valence electrons. The number of rotatable bonds is 13. The Kier molecular flexibility index (Phi) is 11.4. The van der Waals surface area contributed by atoms with Crippen LogP contribution in [-0.2, 0) is 32.6 Å². The molecular weight excluding hydrogens is 558 g/mol. The van der Waals surface area contributed by atoms with Crippen molar-refractivity contribution in [3.05, 3.63) is 100 Å². The van der Waals surface area contributed by atoms with Crippen LogP contribution in [0.1, 0.15) is 48.9 Å². The third-order valence-electron chi connectivity index (χ3n) is 6.84. The molecule has 0 saturated heterocycles. The minimum Gasteiger partial charge on any atom is -0.352 e. The minimum atomic E-state index is -3.63. The molecule has 1 N–H and O–H groups in total. The van der Waals surface area contributed by atoms with Gasteiger partial charge in [-0.1, -0.05) is 77.8 Å². The Morgan fingerprint density at radius 3 is 2.17 bits per heavy atom. The average molecular weight is 598 g/mol. The average Bonchev–Trinajstić information content (AvgIpc) is 2.91. The summed E-state index contributed by atoms with van der Waals surface area (Å²) in [6.45, 7) is 7.90. The fraction of sp³-hybridized carbons (Fsp3) is 0.375. The summed E-state index contributed by atoms with van der Waals surface area (Å²) in [5, 5.41) is 3.46.